The molecule has 0 saturated heterocycles. The molecule has 31 heavy (non-hydrogen) atoms. The van der Waals surface area contributed by atoms with Gasteiger partial charge in [-0.1, -0.05) is 31.9 Å². The largest absolute Gasteiger partial charge is 0.454 e. The number of ether oxygens (including phenoxy) is 1. The van der Waals surface area contributed by atoms with Crippen molar-refractivity contribution < 1.29 is 18.3 Å². The Morgan fingerprint density at radius 3 is 2.58 bits per heavy atom. The van der Waals surface area contributed by atoms with Crippen molar-refractivity contribution in [1.29, 1.82) is 5.41 Å². The zero-order chi connectivity index (χ0) is 22.5. The Morgan fingerprint density at radius 1 is 1.16 bits per heavy atom. The van der Waals surface area contributed by atoms with Gasteiger partial charge in [-0.2, -0.15) is 0 Å². The van der Waals surface area contributed by atoms with Crippen LogP contribution in [0, 0.1) is 17.0 Å². The van der Waals surface area contributed by atoms with Gasteiger partial charge in [0.25, 0.3) is 5.91 Å². The van der Waals surface area contributed by atoms with E-state index < -0.39 is 17.5 Å². The number of anilines is 1. The molecule has 1 aliphatic rings. The van der Waals surface area contributed by atoms with Crippen molar-refractivity contribution in [3.8, 4) is 11.5 Å². The Kier molecular flexibility index (Phi) is 7.12. The molecule has 0 radical (unpaired) electrons. The second kappa shape index (κ2) is 9.78. The van der Waals surface area contributed by atoms with E-state index in [1.54, 1.807) is 25.4 Å². The third-order valence-corrected chi connectivity index (χ3v) is 5.21. The van der Waals surface area contributed by atoms with E-state index in [1.165, 1.54) is 22.9 Å². The fourth-order valence-electron chi connectivity index (χ4n) is 3.10. The Labute approximate surface area is 184 Å². The van der Waals surface area contributed by atoms with Crippen LogP contribution in [0.3, 0.4) is 0 Å². The maximum absolute atomic E-state index is 14.2. The minimum atomic E-state index is -0.823. The van der Waals surface area contributed by atoms with E-state index in [2.05, 4.69) is 4.72 Å². The Bertz CT molecular complexity index is 1080. The normalized spacial score (nSPS) is 15.3. The van der Waals surface area contributed by atoms with Crippen LogP contribution in [0.5, 0.6) is 11.5 Å². The van der Waals surface area contributed by atoms with Crippen molar-refractivity contribution >= 4 is 34.8 Å². The average molecular weight is 444 g/mol. The summed E-state index contributed by atoms with van der Waals surface area (Å²) in [6, 6.07) is 8.40. The molecule has 3 rings (SSSR count). The summed E-state index contributed by atoms with van der Waals surface area (Å²) in [6.07, 6.45) is 4.07. The van der Waals surface area contributed by atoms with Crippen molar-refractivity contribution in [1.82, 2.24) is 4.90 Å². The first-order chi connectivity index (χ1) is 14.8. The van der Waals surface area contributed by atoms with Crippen molar-refractivity contribution in [3.63, 3.8) is 0 Å². The fraction of sp³-hybridized carbons (Fsp3) is 0.217. The molecule has 5 nitrogen and oxygen atoms in total. The summed E-state index contributed by atoms with van der Waals surface area (Å²) >= 11 is 1.51. The maximum Gasteiger partial charge on any atom is 0.276 e. The molecule has 0 aromatic heterocycles. The highest BCUT2D eigenvalue weighted by molar-refractivity contribution is 8.00. The Balaban J connectivity index is 2.15. The monoisotopic (exact) mass is 443 g/mol. The summed E-state index contributed by atoms with van der Waals surface area (Å²) in [7, 11) is 1.58. The van der Waals surface area contributed by atoms with Crippen LogP contribution in [0.2, 0.25) is 0 Å². The lowest BCUT2D eigenvalue weighted by Crippen LogP contribution is -2.34. The average Bonchev–Trinajstić information content (AvgIpc) is 2.75. The van der Waals surface area contributed by atoms with E-state index in [0.29, 0.717) is 28.9 Å². The number of amides is 1. The van der Waals surface area contributed by atoms with Gasteiger partial charge in [-0.3, -0.25) is 10.2 Å². The number of allylic oxidation sites excluding steroid dienone is 2. The van der Waals surface area contributed by atoms with Crippen molar-refractivity contribution in [2.45, 2.75) is 20.3 Å². The van der Waals surface area contributed by atoms with Crippen LogP contribution in [0.4, 0.5) is 14.5 Å². The first kappa shape index (κ1) is 22.6. The molecule has 0 fully saturated rings. The van der Waals surface area contributed by atoms with E-state index in [9.17, 15) is 13.6 Å². The summed E-state index contributed by atoms with van der Waals surface area (Å²) in [5.41, 5.74) is 2.33. The van der Waals surface area contributed by atoms with Crippen molar-refractivity contribution in [2.75, 3.05) is 17.5 Å². The molecule has 2 N–H and O–H groups in total. The first-order valence-electron chi connectivity index (χ1n) is 9.79. The Hall–Kier alpha value is -3.13. The second-order valence-corrected chi connectivity index (χ2v) is 7.85. The van der Waals surface area contributed by atoms with Crippen LogP contribution in [0.1, 0.15) is 25.8 Å². The highest BCUT2D eigenvalue weighted by atomic mass is 32.2. The number of benzene rings is 2. The molecular weight excluding hydrogens is 420 g/mol. The lowest BCUT2D eigenvalue weighted by molar-refractivity contribution is -0.120. The van der Waals surface area contributed by atoms with Crippen LogP contribution in [-0.2, 0) is 4.79 Å². The van der Waals surface area contributed by atoms with Gasteiger partial charge in [-0.25, -0.2) is 8.78 Å². The standard InChI is InChI=1S/C23H23F2N3O2S/c1-4-6-16-18(13-28(3)23(29)22(16)26)17-12-15(27-31-5-2)8-10-20(17)30-21-9-7-14(24)11-19(21)25/h6-13,26-27H,4-5H2,1-3H3/b16-6-,26-22?. The SMILES string of the molecule is CC/C=C1\C(=N)C(=O)N(C)C=C1c1cc(NSCC)ccc1Oc1ccc(F)cc1F. The number of carbonyl (C=O) groups excluding carboxylic acids is 1. The summed E-state index contributed by atoms with van der Waals surface area (Å²) in [5, 5.41) is 8.32. The van der Waals surface area contributed by atoms with Crippen LogP contribution < -0.4 is 9.46 Å². The molecule has 0 saturated carbocycles. The van der Waals surface area contributed by atoms with Gasteiger partial charge in [0, 0.05) is 47.5 Å². The van der Waals surface area contributed by atoms with E-state index in [-0.39, 0.29) is 11.5 Å². The van der Waals surface area contributed by atoms with Crippen molar-refractivity contribution in [2.24, 2.45) is 0 Å². The number of nitrogens with one attached hydrogen (secondary N) is 2. The van der Waals surface area contributed by atoms with E-state index in [0.717, 1.165) is 23.6 Å². The summed E-state index contributed by atoms with van der Waals surface area (Å²) in [6.45, 7) is 3.93. The van der Waals surface area contributed by atoms with Gasteiger partial charge in [0.15, 0.2) is 11.6 Å². The number of halogens is 2. The summed E-state index contributed by atoms with van der Waals surface area (Å²) in [5.74, 6) is -0.884. The zero-order valence-electron chi connectivity index (χ0n) is 17.5. The molecule has 2 aromatic rings. The van der Waals surface area contributed by atoms with Crippen molar-refractivity contribution in [3.05, 3.63) is 71.4 Å². The molecule has 0 unspecified atom stereocenters. The van der Waals surface area contributed by atoms with Crippen LogP contribution in [-0.4, -0.2) is 29.3 Å². The molecule has 1 aliphatic heterocycles. The zero-order valence-corrected chi connectivity index (χ0v) is 18.3. The molecule has 0 spiro atoms. The fourth-order valence-corrected chi connectivity index (χ4v) is 3.54. The molecule has 0 atom stereocenters. The predicted molar refractivity (Wildman–Crippen MR) is 121 cm³/mol. The van der Waals surface area contributed by atoms with E-state index in [4.69, 9.17) is 10.1 Å². The van der Waals surface area contributed by atoms with E-state index >= 15 is 0 Å². The van der Waals surface area contributed by atoms with Gasteiger partial charge in [0.2, 0.25) is 0 Å². The minimum absolute atomic E-state index is 0.122. The number of nitrogens with zero attached hydrogens (tertiary/aromatic N) is 1. The molecule has 0 bridgehead atoms. The maximum atomic E-state index is 14.2. The number of rotatable bonds is 7. The molecule has 1 amide bonds. The lowest BCUT2D eigenvalue weighted by atomic mass is 9.90. The second-order valence-electron chi connectivity index (χ2n) is 6.78. The quantitative estimate of drug-likeness (QED) is 0.515. The van der Waals surface area contributed by atoms with Crippen LogP contribution in [0.25, 0.3) is 5.57 Å². The predicted octanol–water partition coefficient (Wildman–Crippen LogP) is 6.01. The number of hydrogen-bond donors (Lipinski definition) is 2. The summed E-state index contributed by atoms with van der Waals surface area (Å²) in [4.78, 5) is 13.7. The highest BCUT2D eigenvalue weighted by Crippen LogP contribution is 2.39. The first-order valence-corrected chi connectivity index (χ1v) is 10.8. The highest BCUT2D eigenvalue weighted by Gasteiger charge is 2.29. The molecule has 2 aromatic carbocycles. The smallest absolute Gasteiger partial charge is 0.276 e. The third-order valence-electron chi connectivity index (χ3n) is 4.54. The van der Waals surface area contributed by atoms with Gasteiger partial charge in [-0.05, 0) is 36.8 Å². The summed E-state index contributed by atoms with van der Waals surface area (Å²) < 4.78 is 36.6. The molecule has 1 heterocycles. The van der Waals surface area contributed by atoms with Gasteiger partial charge < -0.3 is 14.4 Å². The molecular formula is C23H23F2N3O2S. The minimum Gasteiger partial charge on any atom is -0.454 e. The topological polar surface area (TPSA) is 65.4 Å². The Morgan fingerprint density at radius 2 is 1.90 bits per heavy atom. The van der Waals surface area contributed by atoms with Gasteiger partial charge in [0.1, 0.15) is 17.3 Å². The van der Waals surface area contributed by atoms with Crippen LogP contribution in [0.15, 0.2) is 54.2 Å². The van der Waals surface area contributed by atoms with Gasteiger partial charge >= 0.3 is 0 Å². The third kappa shape index (κ3) is 4.96. The van der Waals surface area contributed by atoms with Gasteiger partial charge in [-0.15, -0.1) is 0 Å². The molecule has 0 aliphatic carbocycles. The molecule has 162 valence electrons. The molecule has 8 heteroatoms. The lowest BCUT2D eigenvalue weighted by Gasteiger charge is -2.26. The number of carbonyl (C=O) groups is 1. The van der Waals surface area contributed by atoms with Crippen LogP contribution >= 0.6 is 11.9 Å². The van der Waals surface area contributed by atoms with E-state index in [1.807, 2.05) is 26.0 Å². The number of hydrogen-bond acceptors (Lipinski definition) is 5. The van der Waals surface area contributed by atoms with Gasteiger partial charge in [0.05, 0.1) is 0 Å².